The zero-order valence-corrected chi connectivity index (χ0v) is 13.1. The van der Waals surface area contributed by atoms with E-state index >= 15 is 0 Å². The molecule has 22 heavy (non-hydrogen) atoms. The summed E-state index contributed by atoms with van der Waals surface area (Å²) in [5, 5.41) is 7.19. The molecule has 0 spiro atoms. The number of rotatable bonds is 4. The number of ether oxygens (including phenoxy) is 1. The van der Waals surface area contributed by atoms with E-state index in [2.05, 4.69) is 15.6 Å². The van der Waals surface area contributed by atoms with Crippen LogP contribution in [-0.2, 0) is 0 Å². The molecule has 0 aromatic carbocycles. The molecule has 0 saturated carbocycles. The quantitative estimate of drug-likeness (QED) is 0.895. The summed E-state index contributed by atoms with van der Waals surface area (Å²) in [7, 11) is 0. The van der Waals surface area contributed by atoms with Gasteiger partial charge in [-0.05, 0) is 43.0 Å². The van der Waals surface area contributed by atoms with Gasteiger partial charge in [-0.2, -0.15) is 0 Å². The van der Waals surface area contributed by atoms with Crippen LogP contribution < -0.4 is 15.4 Å². The summed E-state index contributed by atoms with van der Waals surface area (Å²) in [5.41, 5.74) is 0. The molecule has 4 heterocycles. The maximum Gasteiger partial charge on any atom is 0.312 e. The van der Waals surface area contributed by atoms with Crippen molar-refractivity contribution < 1.29 is 13.9 Å². The molecule has 2 bridgehead atoms. The number of halogens is 1. The van der Waals surface area contributed by atoms with Crippen LogP contribution in [0.4, 0.5) is 0 Å². The van der Waals surface area contributed by atoms with E-state index in [9.17, 15) is 4.79 Å². The molecule has 0 unspecified atom stereocenters. The Morgan fingerprint density at radius 2 is 2.41 bits per heavy atom. The number of carbonyl (C=O) groups is 1. The first-order chi connectivity index (χ1) is 10.7. The lowest BCUT2D eigenvalue weighted by Crippen LogP contribution is -2.42. The Hall–Kier alpha value is -1.57. The van der Waals surface area contributed by atoms with Crippen molar-refractivity contribution in [2.45, 2.75) is 37.4 Å². The second kappa shape index (κ2) is 5.57. The third kappa shape index (κ3) is 2.71. The second-order valence-electron chi connectivity index (χ2n) is 5.52. The maximum atomic E-state index is 12.3. The van der Waals surface area contributed by atoms with Crippen LogP contribution in [0.25, 0.3) is 0 Å². The Balaban J connectivity index is 1.39. The van der Waals surface area contributed by atoms with E-state index < -0.39 is 0 Å². The van der Waals surface area contributed by atoms with Gasteiger partial charge in [-0.3, -0.25) is 4.79 Å². The lowest BCUT2D eigenvalue weighted by Gasteiger charge is -2.20. The highest BCUT2D eigenvalue weighted by molar-refractivity contribution is 7.15. The molecular formula is C14H14ClN3O3S. The Labute approximate surface area is 135 Å². The molecule has 0 radical (unpaired) electrons. The van der Waals surface area contributed by atoms with Gasteiger partial charge in [0, 0.05) is 18.1 Å². The van der Waals surface area contributed by atoms with E-state index in [0.717, 1.165) is 12.8 Å². The van der Waals surface area contributed by atoms with Gasteiger partial charge < -0.3 is 19.8 Å². The lowest BCUT2D eigenvalue weighted by molar-refractivity contribution is 0.0935. The summed E-state index contributed by atoms with van der Waals surface area (Å²) in [5.74, 6) is 0.144. The highest BCUT2D eigenvalue weighted by atomic mass is 35.5. The number of thiophene rings is 1. The summed E-state index contributed by atoms with van der Waals surface area (Å²) in [4.78, 5) is 16.7. The largest absolute Gasteiger partial charge is 0.414 e. The molecule has 6 nitrogen and oxygen atoms in total. The predicted octanol–water partition coefficient (Wildman–Crippen LogP) is 2.80. The molecule has 2 aromatic rings. The first kappa shape index (κ1) is 14.0. The molecule has 2 aromatic heterocycles. The van der Waals surface area contributed by atoms with Crippen LogP contribution in [0, 0.1) is 0 Å². The van der Waals surface area contributed by atoms with Gasteiger partial charge in [-0.25, -0.2) is 4.98 Å². The van der Waals surface area contributed by atoms with Gasteiger partial charge in [-0.15, -0.1) is 0 Å². The second-order valence-corrected chi connectivity index (χ2v) is 6.89. The van der Waals surface area contributed by atoms with Crippen molar-refractivity contribution in [3.63, 3.8) is 0 Å². The van der Waals surface area contributed by atoms with Crippen LogP contribution >= 0.6 is 22.9 Å². The molecule has 116 valence electrons. The number of amides is 1. The first-order valence-corrected chi connectivity index (χ1v) is 8.33. The summed E-state index contributed by atoms with van der Waals surface area (Å²) < 4.78 is 10.5. The molecule has 3 atom stereocenters. The van der Waals surface area contributed by atoms with E-state index in [1.54, 1.807) is 12.1 Å². The van der Waals surface area contributed by atoms with Crippen LogP contribution in [0.3, 0.4) is 0 Å². The van der Waals surface area contributed by atoms with E-state index in [-0.39, 0.29) is 23.2 Å². The molecule has 2 N–H and O–H groups in total. The SMILES string of the molecule is O=C(N[C@@H]1C[C@H]2CC[C@@H]1N2)c1ccc(Oc2cnc(Cl)o2)s1. The fourth-order valence-electron chi connectivity index (χ4n) is 3.11. The Kier molecular flexibility index (Phi) is 3.56. The molecular weight excluding hydrogens is 326 g/mol. The number of hydrogen-bond donors (Lipinski definition) is 2. The van der Waals surface area contributed by atoms with Gasteiger partial charge in [0.15, 0.2) is 5.06 Å². The van der Waals surface area contributed by atoms with Crippen molar-refractivity contribution >= 4 is 28.8 Å². The number of hydrogen-bond acceptors (Lipinski definition) is 6. The number of oxazole rings is 1. The smallest absolute Gasteiger partial charge is 0.312 e. The maximum absolute atomic E-state index is 12.3. The number of nitrogens with one attached hydrogen (secondary N) is 2. The predicted molar refractivity (Wildman–Crippen MR) is 81.7 cm³/mol. The topological polar surface area (TPSA) is 76.4 Å². The lowest BCUT2D eigenvalue weighted by atomic mass is 9.95. The monoisotopic (exact) mass is 339 g/mol. The van der Waals surface area contributed by atoms with E-state index in [1.807, 2.05) is 0 Å². The van der Waals surface area contributed by atoms with Crippen LogP contribution in [0.5, 0.6) is 11.0 Å². The minimum Gasteiger partial charge on any atom is -0.414 e. The van der Waals surface area contributed by atoms with Crippen molar-refractivity contribution in [2.75, 3.05) is 0 Å². The van der Waals surface area contributed by atoms with Crippen LogP contribution in [0.2, 0.25) is 5.35 Å². The standard InChI is InChI=1S/C14H14ClN3O3S/c15-14-16-6-11(21-14)20-12-4-3-10(22-12)13(19)18-9-5-7-1-2-8(9)17-7/h3-4,6-9,17H,1-2,5H2,(H,18,19)/t7-,8+,9-/m1/s1. The minimum absolute atomic E-state index is 0.0216. The fourth-order valence-corrected chi connectivity index (χ4v) is 3.99. The number of carbonyl (C=O) groups excluding carboxylic acids is 1. The van der Waals surface area contributed by atoms with Gasteiger partial charge in [0.2, 0.25) is 0 Å². The van der Waals surface area contributed by atoms with Crippen LogP contribution in [0.1, 0.15) is 28.9 Å². The van der Waals surface area contributed by atoms with Gasteiger partial charge in [0.05, 0.1) is 4.88 Å². The van der Waals surface area contributed by atoms with E-state index in [0.29, 0.717) is 22.0 Å². The first-order valence-electron chi connectivity index (χ1n) is 7.13. The summed E-state index contributed by atoms with van der Waals surface area (Å²) in [6.07, 6.45) is 4.76. The third-order valence-electron chi connectivity index (χ3n) is 4.08. The average Bonchev–Trinajstić information content (AvgIpc) is 3.24. The van der Waals surface area contributed by atoms with Crippen LogP contribution in [-0.4, -0.2) is 29.0 Å². The molecule has 2 saturated heterocycles. The normalized spacial score (nSPS) is 26.3. The summed E-state index contributed by atoms with van der Waals surface area (Å²) in [6.45, 7) is 0. The van der Waals surface area contributed by atoms with Crippen molar-refractivity contribution in [3.05, 3.63) is 28.6 Å². The molecule has 0 aliphatic carbocycles. The minimum atomic E-state index is -0.0604. The van der Waals surface area contributed by atoms with Crippen molar-refractivity contribution in [3.8, 4) is 11.0 Å². The van der Waals surface area contributed by atoms with E-state index in [4.69, 9.17) is 20.8 Å². The molecule has 2 aliphatic heterocycles. The van der Waals surface area contributed by atoms with Crippen molar-refractivity contribution in [1.82, 2.24) is 15.6 Å². The number of aromatic nitrogens is 1. The fraction of sp³-hybridized carbons (Fsp3) is 0.429. The highest BCUT2D eigenvalue weighted by Crippen LogP contribution is 2.32. The zero-order valence-electron chi connectivity index (χ0n) is 11.5. The molecule has 1 amide bonds. The van der Waals surface area contributed by atoms with Gasteiger partial charge >= 0.3 is 5.95 Å². The Bertz CT molecular complexity index is 701. The molecule has 8 heteroatoms. The van der Waals surface area contributed by atoms with Gasteiger partial charge in [0.25, 0.3) is 11.3 Å². The van der Waals surface area contributed by atoms with E-state index in [1.165, 1.54) is 24.0 Å². The Morgan fingerprint density at radius 3 is 3.09 bits per heavy atom. The molecule has 2 aliphatic rings. The average molecular weight is 340 g/mol. The number of nitrogens with zero attached hydrogens (tertiary/aromatic N) is 1. The highest BCUT2D eigenvalue weighted by Gasteiger charge is 2.39. The van der Waals surface area contributed by atoms with Gasteiger partial charge in [0.1, 0.15) is 6.20 Å². The Morgan fingerprint density at radius 1 is 1.50 bits per heavy atom. The molecule has 2 fully saturated rings. The number of fused-ring (bicyclic) bond motifs is 2. The van der Waals surface area contributed by atoms with Gasteiger partial charge in [-0.1, -0.05) is 11.3 Å². The van der Waals surface area contributed by atoms with Crippen molar-refractivity contribution in [2.24, 2.45) is 0 Å². The summed E-state index contributed by atoms with van der Waals surface area (Å²) in [6, 6.07) is 4.68. The van der Waals surface area contributed by atoms with Crippen LogP contribution in [0.15, 0.2) is 22.7 Å². The summed E-state index contributed by atoms with van der Waals surface area (Å²) >= 11 is 6.85. The van der Waals surface area contributed by atoms with Crippen molar-refractivity contribution in [1.29, 1.82) is 0 Å². The molecule has 4 rings (SSSR count). The zero-order chi connectivity index (χ0) is 15.1. The third-order valence-corrected chi connectivity index (χ3v) is 5.22.